The van der Waals surface area contributed by atoms with Gasteiger partial charge in [0, 0.05) is 29.9 Å². The van der Waals surface area contributed by atoms with Crippen LogP contribution in [0, 0.1) is 0 Å². The monoisotopic (exact) mass is 376 g/mol. The van der Waals surface area contributed by atoms with Crippen molar-refractivity contribution in [1.82, 2.24) is 10.2 Å². The molecule has 1 aliphatic rings. The smallest absolute Gasteiger partial charge is 0.235 e. The Labute approximate surface area is 151 Å². The molecule has 0 bridgehead atoms. The molecular weight excluding hydrogens is 355 g/mol. The molecule has 4 nitrogen and oxygen atoms in total. The number of carbonyl (C=O) groups is 2. The van der Waals surface area contributed by atoms with E-state index in [1.807, 2.05) is 17.0 Å². The third-order valence-electron chi connectivity index (χ3n) is 4.49. The fourth-order valence-corrected chi connectivity index (χ4v) is 4.11. The maximum Gasteiger partial charge on any atom is 0.235 e. The van der Waals surface area contributed by atoms with E-state index < -0.39 is 0 Å². The Bertz CT molecular complexity index is 554. The molecule has 0 aromatic carbocycles. The van der Waals surface area contributed by atoms with Gasteiger partial charge in [-0.1, -0.05) is 18.5 Å². The van der Waals surface area contributed by atoms with Gasteiger partial charge in [0.1, 0.15) is 5.88 Å². The fourth-order valence-electron chi connectivity index (χ4n) is 2.95. The minimum atomic E-state index is -0.218. The molecular formula is C16H22Cl2N2O2S. The Morgan fingerprint density at radius 1 is 1.35 bits per heavy atom. The first kappa shape index (κ1) is 18.6. The fraction of sp³-hybridized carbons (Fsp3) is 0.625. The summed E-state index contributed by atoms with van der Waals surface area (Å²) in [7, 11) is 0. The van der Waals surface area contributed by atoms with Crippen LogP contribution in [-0.4, -0.2) is 41.2 Å². The van der Waals surface area contributed by atoms with Gasteiger partial charge in [0.25, 0.3) is 0 Å². The molecule has 1 aromatic heterocycles. The molecule has 0 unspecified atom stereocenters. The van der Waals surface area contributed by atoms with Crippen molar-refractivity contribution in [2.75, 3.05) is 19.0 Å². The van der Waals surface area contributed by atoms with Crippen LogP contribution in [0.1, 0.15) is 37.5 Å². The molecule has 23 heavy (non-hydrogen) atoms. The standard InChI is InChI=1S/C16H22Cl2N2O2S/c1-2-16(19-14(21)11-17)7-9-20(10-8-16)15(22)6-4-12-3-5-13(18)23-12/h3,5H,2,4,6-11H2,1H3,(H,19,21). The lowest BCUT2D eigenvalue weighted by molar-refractivity contribution is -0.133. The molecule has 0 atom stereocenters. The summed E-state index contributed by atoms with van der Waals surface area (Å²) >= 11 is 13.0. The third-order valence-corrected chi connectivity index (χ3v) is 6.02. The first-order valence-corrected chi connectivity index (χ1v) is 9.60. The van der Waals surface area contributed by atoms with Crippen molar-refractivity contribution in [2.45, 2.75) is 44.6 Å². The van der Waals surface area contributed by atoms with Crippen LogP contribution in [0.25, 0.3) is 0 Å². The highest BCUT2D eigenvalue weighted by Crippen LogP contribution is 2.27. The van der Waals surface area contributed by atoms with Crippen LogP contribution < -0.4 is 5.32 Å². The SMILES string of the molecule is CCC1(NC(=O)CCl)CCN(C(=O)CCc2ccc(Cl)s2)CC1. The summed E-state index contributed by atoms with van der Waals surface area (Å²) in [6.45, 7) is 3.42. The highest BCUT2D eigenvalue weighted by atomic mass is 35.5. The molecule has 1 fully saturated rings. The molecule has 0 aliphatic carbocycles. The van der Waals surface area contributed by atoms with Crippen molar-refractivity contribution in [3.63, 3.8) is 0 Å². The number of thiophene rings is 1. The lowest BCUT2D eigenvalue weighted by atomic mass is 9.84. The van der Waals surface area contributed by atoms with Crippen LogP contribution in [0.4, 0.5) is 0 Å². The summed E-state index contributed by atoms with van der Waals surface area (Å²) in [5, 5.41) is 3.03. The lowest BCUT2D eigenvalue weighted by Gasteiger charge is -2.42. The van der Waals surface area contributed by atoms with Gasteiger partial charge in [-0.3, -0.25) is 9.59 Å². The number of carbonyl (C=O) groups excluding carboxylic acids is 2. The normalized spacial score (nSPS) is 17.1. The van der Waals surface area contributed by atoms with Crippen LogP contribution >= 0.6 is 34.5 Å². The van der Waals surface area contributed by atoms with Gasteiger partial charge in [-0.2, -0.15) is 0 Å². The van der Waals surface area contributed by atoms with E-state index in [0.29, 0.717) is 19.5 Å². The molecule has 1 aromatic rings. The quantitative estimate of drug-likeness (QED) is 0.772. The second-order valence-corrected chi connectivity index (χ2v) is 7.97. The molecule has 2 heterocycles. The van der Waals surface area contributed by atoms with Gasteiger partial charge in [0.2, 0.25) is 11.8 Å². The van der Waals surface area contributed by atoms with Crippen LogP contribution in [-0.2, 0) is 16.0 Å². The molecule has 1 N–H and O–H groups in total. The van der Waals surface area contributed by atoms with E-state index in [9.17, 15) is 9.59 Å². The van der Waals surface area contributed by atoms with E-state index in [4.69, 9.17) is 23.2 Å². The van der Waals surface area contributed by atoms with Gasteiger partial charge >= 0.3 is 0 Å². The number of piperidine rings is 1. The molecule has 1 saturated heterocycles. The first-order chi connectivity index (χ1) is 11.0. The van der Waals surface area contributed by atoms with Gasteiger partial charge in [0.15, 0.2) is 0 Å². The van der Waals surface area contributed by atoms with E-state index in [1.54, 1.807) is 0 Å². The summed E-state index contributed by atoms with van der Waals surface area (Å²) < 4.78 is 0.758. The Hall–Kier alpha value is -0.780. The van der Waals surface area contributed by atoms with Crippen LogP contribution in [0.2, 0.25) is 4.34 Å². The Morgan fingerprint density at radius 2 is 2.04 bits per heavy atom. The number of hydrogen-bond acceptors (Lipinski definition) is 3. The zero-order valence-electron chi connectivity index (χ0n) is 13.2. The minimum Gasteiger partial charge on any atom is -0.350 e. The Kier molecular flexibility index (Phi) is 6.74. The number of rotatable bonds is 6. The van der Waals surface area contributed by atoms with Crippen molar-refractivity contribution >= 4 is 46.4 Å². The third kappa shape index (κ3) is 5.10. The maximum atomic E-state index is 12.3. The Balaban J connectivity index is 1.82. The highest BCUT2D eigenvalue weighted by molar-refractivity contribution is 7.16. The van der Waals surface area contributed by atoms with Crippen molar-refractivity contribution in [1.29, 1.82) is 0 Å². The summed E-state index contributed by atoms with van der Waals surface area (Å²) in [4.78, 5) is 27.0. The van der Waals surface area contributed by atoms with Gasteiger partial charge in [-0.05, 0) is 37.8 Å². The van der Waals surface area contributed by atoms with Crippen molar-refractivity contribution in [2.24, 2.45) is 0 Å². The second kappa shape index (κ2) is 8.36. The molecule has 0 radical (unpaired) electrons. The van der Waals surface area contributed by atoms with Crippen molar-refractivity contribution in [3.05, 3.63) is 21.3 Å². The molecule has 0 saturated carbocycles. The molecule has 0 spiro atoms. The molecule has 2 rings (SSSR count). The number of hydrogen-bond donors (Lipinski definition) is 1. The number of alkyl halides is 1. The molecule has 2 amide bonds. The van der Waals surface area contributed by atoms with Crippen molar-refractivity contribution < 1.29 is 9.59 Å². The first-order valence-electron chi connectivity index (χ1n) is 7.87. The zero-order chi connectivity index (χ0) is 16.9. The summed E-state index contributed by atoms with van der Waals surface area (Å²) in [5.41, 5.74) is -0.218. The van der Waals surface area contributed by atoms with E-state index in [-0.39, 0.29) is 23.2 Å². The number of nitrogens with one attached hydrogen (secondary N) is 1. The predicted octanol–water partition coefficient (Wildman–Crippen LogP) is 3.46. The molecule has 7 heteroatoms. The van der Waals surface area contributed by atoms with E-state index in [1.165, 1.54) is 11.3 Å². The van der Waals surface area contributed by atoms with E-state index in [2.05, 4.69) is 12.2 Å². The van der Waals surface area contributed by atoms with Crippen LogP contribution in [0.15, 0.2) is 12.1 Å². The number of likely N-dealkylation sites (tertiary alicyclic amines) is 1. The van der Waals surface area contributed by atoms with Crippen molar-refractivity contribution in [3.8, 4) is 0 Å². The van der Waals surface area contributed by atoms with E-state index in [0.717, 1.165) is 34.9 Å². The average molecular weight is 377 g/mol. The van der Waals surface area contributed by atoms with Crippen LogP contribution in [0.5, 0.6) is 0 Å². The highest BCUT2D eigenvalue weighted by Gasteiger charge is 2.35. The Morgan fingerprint density at radius 3 is 2.57 bits per heavy atom. The van der Waals surface area contributed by atoms with Gasteiger partial charge in [-0.25, -0.2) is 0 Å². The number of nitrogens with zero attached hydrogens (tertiary/aromatic N) is 1. The minimum absolute atomic E-state index is 0.0201. The van der Waals surface area contributed by atoms with Crippen LogP contribution in [0.3, 0.4) is 0 Å². The number of halogens is 2. The van der Waals surface area contributed by atoms with Gasteiger partial charge < -0.3 is 10.2 Å². The number of amides is 2. The lowest BCUT2D eigenvalue weighted by Crippen LogP contribution is -2.56. The largest absolute Gasteiger partial charge is 0.350 e. The van der Waals surface area contributed by atoms with Gasteiger partial charge in [0.05, 0.1) is 4.34 Å². The maximum absolute atomic E-state index is 12.3. The topological polar surface area (TPSA) is 49.4 Å². The van der Waals surface area contributed by atoms with Gasteiger partial charge in [-0.15, -0.1) is 22.9 Å². The predicted molar refractivity (Wildman–Crippen MR) is 95.3 cm³/mol. The van der Waals surface area contributed by atoms with E-state index >= 15 is 0 Å². The number of aryl methyl sites for hydroxylation is 1. The summed E-state index contributed by atoms with van der Waals surface area (Å²) in [6, 6.07) is 3.84. The summed E-state index contributed by atoms with van der Waals surface area (Å²) in [6.07, 6.45) is 3.65. The molecule has 1 aliphatic heterocycles. The second-order valence-electron chi connectivity index (χ2n) is 5.90. The average Bonchev–Trinajstić information content (AvgIpc) is 2.98. The summed E-state index contributed by atoms with van der Waals surface area (Å²) in [5.74, 6) is 0.0130. The molecule has 128 valence electrons. The zero-order valence-corrected chi connectivity index (χ0v) is 15.6.